The summed E-state index contributed by atoms with van der Waals surface area (Å²) in [7, 11) is 0. The molecule has 0 amide bonds. The largest absolute Gasteiger partial charge is 0.370 e. The van der Waals surface area contributed by atoms with Crippen molar-refractivity contribution in [2.75, 3.05) is 6.54 Å². The van der Waals surface area contributed by atoms with E-state index in [1.807, 2.05) is 0 Å². The second-order valence-electron chi connectivity index (χ2n) is 5.04. The van der Waals surface area contributed by atoms with Gasteiger partial charge in [-0.05, 0) is 32.1 Å². The summed E-state index contributed by atoms with van der Waals surface area (Å²) in [6.07, 6.45) is 3.68. The van der Waals surface area contributed by atoms with Crippen LogP contribution in [0.15, 0.2) is 4.99 Å². The number of hydrogen-bond donors (Lipinski definition) is 1. The number of rotatable bonds is 2. The van der Waals surface area contributed by atoms with Crippen molar-refractivity contribution in [2.45, 2.75) is 51.6 Å². The van der Waals surface area contributed by atoms with Crippen molar-refractivity contribution in [3.8, 4) is 0 Å². The average Bonchev–Trinajstić information content (AvgIpc) is 2.42. The molecule has 2 aliphatic rings. The summed E-state index contributed by atoms with van der Waals surface area (Å²) in [6, 6.07) is 0.536. The molecule has 0 aromatic rings. The molecule has 3 nitrogen and oxygen atoms in total. The molecule has 14 heavy (non-hydrogen) atoms. The first-order chi connectivity index (χ1) is 6.59. The lowest BCUT2D eigenvalue weighted by Gasteiger charge is -2.52. The molecule has 2 rings (SSSR count). The van der Waals surface area contributed by atoms with Gasteiger partial charge in [0, 0.05) is 6.04 Å². The Morgan fingerprint density at radius 2 is 2.29 bits per heavy atom. The molecule has 0 radical (unpaired) electrons. The van der Waals surface area contributed by atoms with E-state index in [1.165, 1.54) is 12.8 Å². The first-order valence-electron chi connectivity index (χ1n) is 5.68. The smallest absolute Gasteiger partial charge is 0.192 e. The molecule has 1 spiro atoms. The minimum Gasteiger partial charge on any atom is -0.370 e. The summed E-state index contributed by atoms with van der Waals surface area (Å²) >= 11 is 0. The Balaban J connectivity index is 2.14. The predicted molar refractivity (Wildman–Crippen MR) is 59.2 cm³/mol. The van der Waals surface area contributed by atoms with Crippen LogP contribution in [0.1, 0.15) is 40.0 Å². The van der Waals surface area contributed by atoms with Crippen LogP contribution in [0.5, 0.6) is 0 Å². The normalized spacial score (nSPS) is 38.4. The lowest BCUT2D eigenvalue weighted by molar-refractivity contribution is 0.0281. The Bertz CT molecular complexity index is 253. The van der Waals surface area contributed by atoms with Gasteiger partial charge in [0.2, 0.25) is 0 Å². The van der Waals surface area contributed by atoms with Crippen molar-refractivity contribution in [1.29, 1.82) is 0 Å². The van der Waals surface area contributed by atoms with Crippen LogP contribution in [-0.4, -0.2) is 29.0 Å². The Morgan fingerprint density at radius 1 is 1.64 bits per heavy atom. The zero-order valence-electron chi connectivity index (χ0n) is 9.45. The quantitative estimate of drug-likeness (QED) is 0.727. The standard InChI is InChI=1S/C11H21N3/c1-4-9(3)14-10(12)13-7-11(14)5-8(2)6-11/h8-9H,4-7H2,1-3H3,(H2,12,13). The Kier molecular flexibility index (Phi) is 2.20. The molecule has 1 fully saturated rings. The van der Waals surface area contributed by atoms with E-state index in [1.54, 1.807) is 0 Å². The highest BCUT2D eigenvalue weighted by molar-refractivity contribution is 5.81. The fraction of sp³-hybridized carbons (Fsp3) is 0.909. The third-order valence-electron chi connectivity index (χ3n) is 3.78. The molecule has 0 saturated heterocycles. The van der Waals surface area contributed by atoms with Crippen LogP contribution in [0, 0.1) is 5.92 Å². The monoisotopic (exact) mass is 195 g/mol. The zero-order valence-corrected chi connectivity index (χ0v) is 9.45. The highest BCUT2D eigenvalue weighted by Gasteiger charge is 2.51. The molecule has 0 aromatic heterocycles. The van der Waals surface area contributed by atoms with E-state index >= 15 is 0 Å². The number of aliphatic imine (C=N–C) groups is 1. The van der Waals surface area contributed by atoms with Crippen molar-refractivity contribution in [3.05, 3.63) is 0 Å². The minimum atomic E-state index is 0.304. The van der Waals surface area contributed by atoms with Gasteiger partial charge in [-0.2, -0.15) is 0 Å². The molecule has 2 N–H and O–H groups in total. The fourth-order valence-corrected chi connectivity index (χ4v) is 3.06. The predicted octanol–water partition coefficient (Wildman–Crippen LogP) is 1.58. The highest BCUT2D eigenvalue weighted by Crippen LogP contribution is 2.45. The number of nitrogens with zero attached hydrogens (tertiary/aromatic N) is 2. The molecule has 1 aliphatic carbocycles. The number of guanidine groups is 1. The summed E-state index contributed by atoms with van der Waals surface area (Å²) in [5.41, 5.74) is 6.27. The van der Waals surface area contributed by atoms with Gasteiger partial charge in [-0.3, -0.25) is 4.99 Å². The fourth-order valence-electron chi connectivity index (χ4n) is 3.06. The van der Waals surface area contributed by atoms with Gasteiger partial charge in [-0.1, -0.05) is 13.8 Å². The number of nitrogens with two attached hydrogens (primary N) is 1. The molecule has 1 heterocycles. The first kappa shape index (κ1) is 9.81. The van der Waals surface area contributed by atoms with Gasteiger partial charge in [-0.15, -0.1) is 0 Å². The van der Waals surface area contributed by atoms with Crippen LogP contribution in [0.4, 0.5) is 0 Å². The maximum Gasteiger partial charge on any atom is 0.192 e. The molecule has 0 aromatic carbocycles. The van der Waals surface area contributed by atoms with Crippen LogP contribution in [0.3, 0.4) is 0 Å². The maximum atomic E-state index is 5.96. The molecule has 0 bridgehead atoms. The van der Waals surface area contributed by atoms with Gasteiger partial charge in [0.15, 0.2) is 5.96 Å². The Hall–Kier alpha value is -0.730. The zero-order chi connectivity index (χ0) is 10.3. The van der Waals surface area contributed by atoms with Gasteiger partial charge < -0.3 is 10.6 Å². The third kappa shape index (κ3) is 1.22. The van der Waals surface area contributed by atoms with E-state index in [-0.39, 0.29) is 0 Å². The summed E-state index contributed by atoms with van der Waals surface area (Å²) in [6.45, 7) is 7.70. The average molecular weight is 195 g/mol. The van der Waals surface area contributed by atoms with Gasteiger partial charge in [0.05, 0.1) is 12.1 Å². The van der Waals surface area contributed by atoms with Crippen LogP contribution in [-0.2, 0) is 0 Å². The molecular formula is C11H21N3. The molecule has 1 unspecified atom stereocenters. The van der Waals surface area contributed by atoms with E-state index in [9.17, 15) is 0 Å². The SMILES string of the molecule is CCC(C)N1C(N)=NCC12CC(C)C2. The highest BCUT2D eigenvalue weighted by atomic mass is 15.4. The topological polar surface area (TPSA) is 41.6 Å². The second kappa shape index (κ2) is 3.14. The molecule has 1 saturated carbocycles. The minimum absolute atomic E-state index is 0.304. The van der Waals surface area contributed by atoms with Gasteiger partial charge in [-0.25, -0.2) is 0 Å². The summed E-state index contributed by atoms with van der Waals surface area (Å²) in [5, 5.41) is 0. The molecule has 3 heteroatoms. The van der Waals surface area contributed by atoms with Gasteiger partial charge in [0.1, 0.15) is 0 Å². The molecular weight excluding hydrogens is 174 g/mol. The van der Waals surface area contributed by atoms with Crippen molar-refractivity contribution < 1.29 is 0 Å². The number of hydrogen-bond acceptors (Lipinski definition) is 3. The molecule has 80 valence electrons. The molecule has 1 atom stereocenters. The molecule has 1 aliphatic heterocycles. The van der Waals surface area contributed by atoms with E-state index in [4.69, 9.17) is 5.73 Å². The van der Waals surface area contributed by atoms with Crippen molar-refractivity contribution in [3.63, 3.8) is 0 Å². The van der Waals surface area contributed by atoms with Crippen molar-refractivity contribution in [2.24, 2.45) is 16.6 Å². The van der Waals surface area contributed by atoms with Gasteiger partial charge >= 0.3 is 0 Å². The van der Waals surface area contributed by atoms with Crippen LogP contribution < -0.4 is 5.73 Å². The Labute approximate surface area is 86.4 Å². The van der Waals surface area contributed by atoms with Crippen molar-refractivity contribution >= 4 is 5.96 Å². The summed E-state index contributed by atoms with van der Waals surface area (Å²) in [5.74, 6) is 1.62. The Morgan fingerprint density at radius 3 is 2.79 bits per heavy atom. The second-order valence-corrected chi connectivity index (χ2v) is 5.04. The van der Waals surface area contributed by atoms with Gasteiger partial charge in [0.25, 0.3) is 0 Å². The lowest BCUT2D eigenvalue weighted by atomic mass is 9.68. The van der Waals surface area contributed by atoms with E-state index in [0.29, 0.717) is 11.6 Å². The lowest BCUT2D eigenvalue weighted by Crippen LogP contribution is -2.61. The third-order valence-corrected chi connectivity index (χ3v) is 3.78. The van der Waals surface area contributed by atoms with E-state index in [0.717, 1.165) is 24.8 Å². The van der Waals surface area contributed by atoms with Crippen molar-refractivity contribution in [1.82, 2.24) is 4.90 Å². The van der Waals surface area contributed by atoms with Crippen LogP contribution in [0.2, 0.25) is 0 Å². The maximum absolute atomic E-state index is 5.96. The van der Waals surface area contributed by atoms with E-state index < -0.39 is 0 Å². The summed E-state index contributed by atoms with van der Waals surface area (Å²) < 4.78 is 0. The van der Waals surface area contributed by atoms with E-state index in [2.05, 4.69) is 30.7 Å². The first-order valence-corrected chi connectivity index (χ1v) is 5.68. The van der Waals surface area contributed by atoms with Crippen LogP contribution in [0.25, 0.3) is 0 Å². The van der Waals surface area contributed by atoms with Crippen LogP contribution >= 0.6 is 0 Å². The summed E-state index contributed by atoms with van der Waals surface area (Å²) in [4.78, 5) is 6.78.